The zero-order valence-corrected chi connectivity index (χ0v) is 24.4. The molecular weight excluding hydrogens is 561 g/mol. The van der Waals surface area contributed by atoms with Gasteiger partial charge in [0, 0.05) is 6.42 Å². The van der Waals surface area contributed by atoms with Crippen LogP contribution in [0.1, 0.15) is 35.1 Å². The minimum atomic E-state index is -1.88. The number of nitrogens with zero attached hydrogens (tertiary/aromatic N) is 1. The van der Waals surface area contributed by atoms with Crippen molar-refractivity contribution in [1.29, 1.82) is 0 Å². The molecule has 44 heavy (non-hydrogen) atoms. The molecule has 1 amide bonds. The van der Waals surface area contributed by atoms with Crippen molar-refractivity contribution in [2.24, 2.45) is 0 Å². The van der Waals surface area contributed by atoms with Crippen LogP contribution in [-0.4, -0.2) is 41.4 Å². The van der Waals surface area contributed by atoms with E-state index in [1.807, 2.05) is 121 Å². The van der Waals surface area contributed by atoms with E-state index in [1.54, 1.807) is 0 Å². The molecule has 228 valence electrons. The van der Waals surface area contributed by atoms with Crippen LogP contribution in [0, 0.1) is 0 Å². The van der Waals surface area contributed by atoms with Crippen LogP contribution >= 0.6 is 0 Å². The topological polar surface area (TPSA) is 74.3 Å². The van der Waals surface area contributed by atoms with Gasteiger partial charge in [0.05, 0.1) is 19.3 Å². The van der Waals surface area contributed by atoms with Crippen molar-refractivity contribution < 1.29 is 33.0 Å². The summed E-state index contributed by atoms with van der Waals surface area (Å²) in [6.07, 6.45) is -5.25. The number of hydrogen-bond donors (Lipinski definition) is 0. The Balaban J connectivity index is 1.41. The molecule has 0 unspecified atom stereocenters. The average molecular weight is 598 g/mol. The summed E-state index contributed by atoms with van der Waals surface area (Å²) in [7, 11) is 0. The molecule has 0 N–H and O–H groups in total. The lowest BCUT2D eigenvalue weighted by Gasteiger charge is -2.36. The minimum Gasteiger partial charge on any atom is -0.443 e. The number of ketones is 1. The molecule has 4 aromatic carbocycles. The lowest BCUT2D eigenvalue weighted by atomic mass is 10.0. The smallest absolute Gasteiger partial charge is 0.434 e. The Morgan fingerprint density at radius 1 is 0.659 bits per heavy atom. The van der Waals surface area contributed by atoms with Crippen LogP contribution in [0.4, 0.5) is 9.18 Å². The standard InChI is InChI=1S/C36H36FNO6/c37-33-34(41-23-27-13-5-1-6-14-27)31(21-22-32(39)35(33)42-24-28-15-7-2-8-16-28)38(44-26-30-19-11-4-12-20-30)36(40)43-25-29-17-9-3-10-18-29/h1-20,31,33-35H,21-26H2/t31-,33-,34+,35-/m1/s1. The number of hydroxylamine groups is 2. The van der Waals surface area contributed by atoms with Gasteiger partial charge in [-0.05, 0) is 28.7 Å². The first kappa shape index (κ1) is 31.1. The number of benzene rings is 4. The van der Waals surface area contributed by atoms with Gasteiger partial charge >= 0.3 is 6.09 Å². The number of amides is 1. The van der Waals surface area contributed by atoms with Crippen LogP contribution in [0.3, 0.4) is 0 Å². The summed E-state index contributed by atoms with van der Waals surface area (Å²) in [4.78, 5) is 33.0. The zero-order chi connectivity index (χ0) is 30.6. The van der Waals surface area contributed by atoms with E-state index < -0.39 is 36.3 Å². The summed E-state index contributed by atoms with van der Waals surface area (Å²) in [6.45, 7) is 0.143. The van der Waals surface area contributed by atoms with Crippen molar-refractivity contribution in [1.82, 2.24) is 5.06 Å². The number of carbonyl (C=O) groups is 2. The van der Waals surface area contributed by atoms with Crippen LogP contribution in [0.15, 0.2) is 121 Å². The van der Waals surface area contributed by atoms with E-state index in [2.05, 4.69) is 0 Å². The van der Waals surface area contributed by atoms with Crippen LogP contribution in [0.2, 0.25) is 0 Å². The number of Topliss-reactive ketones (excluding diaryl/α,β-unsaturated/α-hetero) is 1. The Morgan fingerprint density at radius 3 is 1.64 bits per heavy atom. The Bertz CT molecular complexity index is 1440. The van der Waals surface area contributed by atoms with E-state index in [0.29, 0.717) is 0 Å². The van der Waals surface area contributed by atoms with E-state index in [-0.39, 0.29) is 39.3 Å². The second kappa shape index (κ2) is 15.9. The molecule has 4 aromatic rings. The first-order valence-electron chi connectivity index (χ1n) is 14.7. The Kier molecular flexibility index (Phi) is 11.2. The Labute approximate surface area is 257 Å². The second-order valence-corrected chi connectivity index (χ2v) is 10.6. The highest BCUT2D eigenvalue weighted by Gasteiger charge is 2.47. The van der Waals surface area contributed by atoms with E-state index >= 15 is 4.39 Å². The number of alkyl halides is 1. The fraction of sp³-hybridized carbons (Fsp3) is 0.278. The maximum absolute atomic E-state index is 16.6. The average Bonchev–Trinajstić information content (AvgIpc) is 3.18. The Morgan fingerprint density at radius 2 is 1.11 bits per heavy atom. The van der Waals surface area contributed by atoms with Gasteiger partial charge in [-0.15, -0.1) is 0 Å². The van der Waals surface area contributed by atoms with Crippen LogP contribution < -0.4 is 0 Å². The molecular formula is C36H36FNO6. The second-order valence-electron chi connectivity index (χ2n) is 10.6. The van der Waals surface area contributed by atoms with Crippen molar-refractivity contribution in [3.05, 3.63) is 144 Å². The molecule has 7 nitrogen and oxygen atoms in total. The molecule has 8 heteroatoms. The molecule has 0 radical (unpaired) electrons. The molecule has 1 saturated carbocycles. The minimum absolute atomic E-state index is 0.00603. The van der Waals surface area contributed by atoms with E-state index in [4.69, 9.17) is 19.0 Å². The van der Waals surface area contributed by atoms with Crippen LogP contribution in [0.5, 0.6) is 0 Å². The number of rotatable bonds is 12. The molecule has 0 heterocycles. The van der Waals surface area contributed by atoms with Crippen molar-refractivity contribution in [2.75, 3.05) is 0 Å². The highest BCUT2D eigenvalue weighted by atomic mass is 19.1. The van der Waals surface area contributed by atoms with Crippen molar-refractivity contribution in [2.45, 2.75) is 63.7 Å². The van der Waals surface area contributed by atoms with Gasteiger partial charge in [-0.25, -0.2) is 9.18 Å². The largest absolute Gasteiger partial charge is 0.443 e. The summed E-state index contributed by atoms with van der Waals surface area (Å²) in [5, 5.41) is 1.05. The predicted molar refractivity (Wildman–Crippen MR) is 163 cm³/mol. The molecule has 0 spiro atoms. The predicted octanol–water partition coefficient (Wildman–Crippen LogP) is 7.00. The quantitative estimate of drug-likeness (QED) is 0.129. The van der Waals surface area contributed by atoms with Crippen molar-refractivity contribution in [3.8, 4) is 0 Å². The summed E-state index contributed by atoms with van der Waals surface area (Å²) < 4.78 is 34.4. The van der Waals surface area contributed by atoms with Gasteiger partial charge in [0.15, 0.2) is 12.0 Å². The van der Waals surface area contributed by atoms with Gasteiger partial charge in [0.2, 0.25) is 0 Å². The Hall–Kier alpha value is -4.37. The highest BCUT2D eigenvalue weighted by molar-refractivity contribution is 5.84. The summed E-state index contributed by atoms with van der Waals surface area (Å²) in [5.41, 5.74) is 3.22. The zero-order valence-electron chi connectivity index (χ0n) is 24.4. The first-order chi connectivity index (χ1) is 21.6. The third-order valence-corrected chi connectivity index (χ3v) is 7.44. The first-order valence-corrected chi connectivity index (χ1v) is 14.7. The molecule has 1 aliphatic rings. The summed E-state index contributed by atoms with van der Waals surface area (Å²) >= 11 is 0. The fourth-order valence-corrected chi connectivity index (χ4v) is 5.11. The molecule has 0 bridgehead atoms. The van der Waals surface area contributed by atoms with Gasteiger partial charge in [0.25, 0.3) is 0 Å². The number of ether oxygens (including phenoxy) is 3. The third kappa shape index (κ3) is 8.60. The monoisotopic (exact) mass is 597 g/mol. The van der Waals surface area contributed by atoms with E-state index in [1.165, 1.54) is 0 Å². The summed E-state index contributed by atoms with van der Waals surface area (Å²) in [6, 6.07) is 36.2. The highest BCUT2D eigenvalue weighted by Crippen LogP contribution is 2.30. The number of hydrogen-bond acceptors (Lipinski definition) is 6. The van der Waals surface area contributed by atoms with Gasteiger partial charge in [-0.3, -0.25) is 9.63 Å². The third-order valence-electron chi connectivity index (χ3n) is 7.44. The van der Waals surface area contributed by atoms with E-state index in [9.17, 15) is 9.59 Å². The van der Waals surface area contributed by atoms with Crippen LogP contribution in [-0.2, 0) is 50.3 Å². The van der Waals surface area contributed by atoms with Gasteiger partial charge in [-0.2, -0.15) is 5.06 Å². The molecule has 1 aliphatic carbocycles. The lowest BCUT2D eigenvalue weighted by Crippen LogP contribution is -2.53. The summed E-state index contributed by atoms with van der Waals surface area (Å²) in [5.74, 6) is -0.398. The molecule has 0 aromatic heterocycles. The lowest BCUT2D eigenvalue weighted by molar-refractivity contribution is -0.209. The fourth-order valence-electron chi connectivity index (χ4n) is 5.11. The van der Waals surface area contributed by atoms with Crippen molar-refractivity contribution in [3.63, 3.8) is 0 Å². The normalized spacial score (nSPS) is 20.1. The number of halogens is 1. The molecule has 4 atom stereocenters. The van der Waals surface area contributed by atoms with E-state index in [0.717, 1.165) is 27.3 Å². The van der Waals surface area contributed by atoms with Gasteiger partial charge in [-0.1, -0.05) is 121 Å². The van der Waals surface area contributed by atoms with Gasteiger partial charge in [0.1, 0.15) is 25.4 Å². The molecule has 1 fully saturated rings. The maximum atomic E-state index is 16.6. The SMILES string of the molecule is O=C1CC[C@@H](N(OCc2ccccc2)C(=O)OCc2ccccc2)[C@H](OCc2ccccc2)[C@@H](F)[C@@H]1OCc1ccccc1. The van der Waals surface area contributed by atoms with Gasteiger partial charge < -0.3 is 14.2 Å². The maximum Gasteiger partial charge on any atom is 0.434 e. The molecule has 0 aliphatic heterocycles. The molecule has 5 rings (SSSR count). The van der Waals surface area contributed by atoms with Crippen LogP contribution in [0.25, 0.3) is 0 Å². The molecule has 0 saturated heterocycles. The van der Waals surface area contributed by atoms with Crippen molar-refractivity contribution >= 4 is 11.9 Å². The number of carbonyl (C=O) groups excluding carboxylic acids is 2.